The molecule has 0 unspecified atom stereocenters. The molecule has 0 aliphatic carbocycles. The number of thiophene rings is 1. The van der Waals surface area contributed by atoms with Gasteiger partial charge in [0.2, 0.25) is 0 Å². The summed E-state index contributed by atoms with van der Waals surface area (Å²) in [6, 6.07) is 6.62. The summed E-state index contributed by atoms with van der Waals surface area (Å²) < 4.78 is 0. The normalized spacial score (nSPS) is 10.2. The first-order chi connectivity index (χ1) is 7.16. The maximum Gasteiger partial charge on any atom is 0.324 e. The molecule has 76 valence electrons. The van der Waals surface area contributed by atoms with Gasteiger partial charge in [-0.25, -0.2) is 4.98 Å². The number of halogens is 1. The molecule has 2 aromatic heterocycles. The van der Waals surface area contributed by atoms with Crippen molar-refractivity contribution < 1.29 is 4.92 Å². The lowest BCUT2D eigenvalue weighted by Crippen LogP contribution is -1.80. The van der Waals surface area contributed by atoms with E-state index in [4.69, 9.17) is 11.6 Å². The average molecular weight is 241 g/mol. The fourth-order valence-corrected chi connectivity index (χ4v) is 2.02. The number of hydrogen-bond donors (Lipinski definition) is 0. The summed E-state index contributed by atoms with van der Waals surface area (Å²) in [5.74, 6) is 0. The van der Waals surface area contributed by atoms with E-state index in [-0.39, 0.29) is 5.00 Å². The first kappa shape index (κ1) is 10.1. The van der Waals surface area contributed by atoms with E-state index in [9.17, 15) is 10.1 Å². The van der Waals surface area contributed by atoms with E-state index in [1.807, 2.05) is 0 Å². The van der Waals surface area contributed by atoms with Gasteiger partial charge >= 0.3 is 5.00 Å². The second kappa shape index (κ2) is 3.96. The van der Waals surface area contributed by atoms with Crippen molar-refractivity contribution in [3.63, 3.8) is 0 Å². The van der Waals surface area contributed by atoms with Crippen LogP contribution in [0.1, 0.15) is 0 Å². The fourth-order valence-electron chi connectivity index (χ4n) is 1.10. The SMILES string of the molecule is O=[N+]([O-])c1ccc(-c2ccc(Cl)nc2)s1. The van der Waals surface area contributed by atoms with Crippen LogP contribution in [0.25, 0.3) is 10.4 Å². The second-order valence-electron chi connectivity index (χ2n) is 2.76. The van der Waals surface area contributed by atoms with Gasteiger partial charge in [0.25, 0.3) is 0 Å². The van der Waals surface area contributed by atoms with Crippen LogP contribution in [0.4, 0.5) is 5.00 Å². The molecule has 6 heteroatoms. The molecule has 0 saturated carbocycles. The molecule has 0 spiro atoms. The molecular formula is C9H5ClN2O2S. The summed E-state index contributed by atoms with van der Waals surface area (Å²) in [6.07, 6.45) is 1.60. The molecule has 0 radical (unpaired) electrons. The van der Waals surface area contributed by atoms with Crippen molar-refractivity contribution in [3.8, 4) is 10.4 Å². The Morgan fingerprint density at radius 2 is 2.13 bits per heavy atom. The van der Waals surface area contributed by atoms with Crippen LogP contribution in [0.5, 0.6) is 0 Å². The van der Waals surface area contributed by atoms with E-state index in [0.29, 0.717) is 5.15 Å². The van der Waals surface area contributed by atoms with Gasteiger partial charge in [-0.05, 0) is 18.2 Å². The van der Waals surface area contributed by atoms with Crippen LogP contribution in [0.15, 0.2) is 30.5 Å². The van der Waals surface area contributed by atoms with Crippen molar-refractivity contribution in [1.82, 2.24) is 4.98 Å². The summed E-state index contributed by atoms with van der Waals surface area (Å²) in [5, 5.41) is 11.0. The molecule has 15 heavy (non-hydrogen) atoms. The van der Waals surface area contributed by atoms with Crippen LogP contribution in [-0.4, -0.2) is 9.91 Å². The Morgan fingerprint density at radius 1 is 1.33 bits per heavy atom. The van der Waals surface area contributed by atoms with Crippen LogP contribution < -0.4 is 0 Å². The van der Waals surface area contributed by atoms with Crippen molar-refractivity contribution >= 4 is 27.9 Å². The monoisotopic (exact) mass is 240 g/mol. The van der Waals surface area contributed by atoms with E-state index in [1.54, 1.807) is 24.4 Å². The van der Waals surface area contributed by atoms with Crippen LogP contribution >= 0.6 is 22.9 Å². The molecule has 0 aromatic carbocycles. The number of hydrogen-bond acceptors (Lipinski definition) is 4. The number of aromatic nitrogens is 1. The molecule has 0 amide bonds. The van der Waals surface area contributed by atoms with Crippen molar-refractivity contribution in [2.75, 3.05) is 0 Å². The zero-order valence-corrected chi connectivity index (χ0v) is 8.96. The van der Waals surface area contributed by atoms with Gasteiger partial charge in [-0.1, -0.05) is 22.9 Å². The lowest BCUT2D eigenvalue weighted by Gasteiger charge is -1.94. The molecule has 0 atom stereocenters. The first-order valence-electron chi connectivity index (χ1n) is 4.03. The van der Waals surface area contributed by atoms with Crippen LogP contribution in [-0.2, 0) is 0 Å². The molecule has 2 aromatic rings. The third kappa shape index (κ3) is 2.14. The van der Waals surface area contributed by atoms with Gasteiger partial charge in [-0.3, -0.25) is 10.1 Å². The van der Waals surface area contributed by atoms with Crippen LogP contribution in [0, 0.1) is 10.1 Å². The summed E-state index contributed by atoms with van der Waals surface area (Å²) in [4.78, 5) is 14.8. The minimum atomic E-state index is -0.405. The second-order valence-corrected chi connectivity index (χ2v) is 4.21. The molecule has 2 rings (SSSR count). The zero-order valence-electron chi connectivity index (χ0n) is 7.38. The maximum atomic E-state index is 10.5. The predicted octanol–water partition coefficient (Wildman–Crippen LogP) is 3.37. The van der Waals surface area contributed by atoms with Gasteiger partial charge in [-0.15, -0.1) is 0 Å². The van der Waals surface area contributed by atoms with E-state index in [1.165, 1.54) is 6.07 Å². The number of nitrogens with zero attached hydrogens (tertiary/aromatic N) is 2. The van der Waals surface area contributed by atoms with Crippen LogP contribution in [0.3, 0.4) is 0 Å². The molecule has 0 fully saturated rings. The van der Waals surface area contributed by atoms with Crippen molar-refractivity contribution in [3.05, 3.63) is 45.7 Å². The van der Waals surface area contributed by atoms with Crippen molar-refractivity contribution in [2.24, 2.45) is 0 Å². The lowest BCUT2D eigenvalue weighted by atomic mass is 10.2. The van der Waals surface area contributed by atoms with Gasteiger partial charge in [0.15, 0.2) is 0 Å². The molecule has 0 N–H and O–H groups in total. The molecule has 0 bridgehead atoms. The third-order valence-electron chi connectivity index (χ3n) is 1.78. The Balaban J connectivity index is 2.37. The molecule has 0 aliphatic rings. The number of nitro groups is 1. The molecule has 4 nitrogen and oxygen atoms in total. The van der Waals surface area contributed by atoms with Gasteiger partial charge < -0.3 is 0 Å². The fraction of sp³-hybridized carbons (Fsp3) is 0. The third-order valence-corrected chi connectivity index (χ3v) is 3.09. The summed E-state index contributed by atoms with van der Waals surface area (Å²) in [6.45, 7) is 0. The van der Waals surface area contributed by atoms with E-state index < -0.39 is 4.92 Å². The zero-order chi connectivity index (χ0) is 10.8. The summed E-state index contributed by atoms with van der Waals surface area (Å²) >= 11 is 6.76. The number of rotatable bonds is 2. The highest BCUT2D eigenvalue weighted by Gasteiger charge is 2.10. The highest BCUT2D eigenvalue weighted by Crippen LogP contribution is 2.32. The highest BCUT2D eigenvalue weighted by atomic mass is 35.5. The first-order valence-corrected chi connectivity index (χ1v) is 5.22. The topological polar surface area (TPSA) is 56.0 Å². The largest absolute Gasteiger partial charge is 0.324 e. The number of pyridine rings is 1. The Hall–Kier alpha value is -1.46. The molecular weight excluding hydrogens is 236 g/mol. The van der Waals surface area contributed by atoms with Crippen LogP contribution in [0.2, 0.25) is 5.15 Å². The lowest BCUT2D eigenvalue weighted by molar-refractivity contribution is -0.380. The minimum Gasteiger partial charge on any atom is -0.258 e. The molecule has 0 saturated heterocycles. The average Bonchev–Trinajstić information content (AvgIpc) is 2.68. The standard InChI is InChI=1S/C9H5ClN2O2S/c10-8-3-1-6(5-11-8)7-2-4-9(15-7)12(13)14/h1-5H. The van der Waals surface area contributed by atoms with Crippen molar-refractivity contribution in [1.29, 1.82) is 0 Å². The maximum absolute atomic E-state index is 10.5. The Labute approximate surface area is 94.3 Å². The Kier molecular flexibility index (Phi) is 2.66. The van der Waals surface area contributed by atoms with Gasteiger partial charge in [0.05, 0.1) is 4.92 Å². The van der Waals surface area contributed by atoms with E-state index in [2.05, 4.69) is 4.98 Å². The van der Waals surface area contributed by atoms with Gasteiger partial charge in [0, 0.05) is 22.7 Å². The quantitative estimate of drug-likeness (QED) is 0.459. The Bertz CT molecular complexity index is 495. The molecule has 2 heterocycles. The summed E-state index contributed by atoms with van der Waals surface area (Å²) in [7, 11) is 0. The minimum absolute atomic E-state index is 0.125. The predicted molar refractivity (Wildman–Crippen MR) is 59.2 cm³/mol. The van der Waals surface area contributed by atoms with Gasteiger partial charge in [0.1, 0.15) is 5.15 Å². The van der Waals surface area contributed by atoms with E-state index in [0.717, 1.165) is 21.8 Å². The summed E-state index contributed by atoms with van der Waals surface area (Å²) in [5.41, 5.74) is 0.831. The Morgan fingerprint density at radius 3 is 2.67 bits per heavy atom. The van der Waals surface area contributed by atoms with Gasteiger partial charge in [-0.2, -0.15) is 0 Å². The smallest absolute Gasteiger partial charge is 0.258 e. The van der Waals surface area contributed by atoms with Crippen molar-refractivity contribution in [2.45, 2.75) is 0 Å². The molecule has 0 aliphatic heterocycles. The highest BCUT2D eigenvalue weighted by molar-refractivity contribution is 7.18. The van der Waals surface area contributed by atoms with E-state index >= 15 is 0 Å².